The number of methoxy groups -OCH3 is 1. The molecule has 1 heterocycles. The molecule has 126 valence electrons. The molecule has 0 radical (unpaired) electrons. The van der Waals surface area contributed by atoms with E-state index in [1.165, 1.54) is 11.1 Å². The predicted octanol–water partition coefficient (Wildman–Crippen LogP) is 2.56. The minimum absolute atomic E-state index is 0. The van der Waals surface area contributed by atoms with Crippen LogP contribution in [0.1, 0.15) is 11.1 Å². The molecular formula is C17H25IN4O. The van der Waals surface area contributed by atoms with Crippen molar-refractivity contribution >= 4 is 29.9 Å². The maximum atomic E-state index is 5.16. The number of hydrogen-bond donors (Lipinski definition) is 2. The monoisotopic (exact) mass is 428 g/mol. The summed E-state index contributed by atoms with van der Waals surface area (Å²) in [5.74, 6) is 1.70. The van der Waals surface area contributed by atoms with Gasteiger partial charge >= 0.3 is 0 Å². The highest BCUT2D eigenvalue weighted by atomic mass is 127. The Kier molecular flexibility index (Phi) is 8.53. The summed E-state index contributed by atoms with van der Waals surface area (Å²) in [4.78, 5) is 4.24. The van der Waals surface area contributed by atoms with Gasteiger partial charge in [0.2, 0.25) is 0 Å². The Balaban J connectivity index is 0.00000264. The number of rotatable bonds is 6. The van der Waals surface area contributed by atoms with Crippen LogP contribution in [-0.4, -0.2) is 31.2 Å². The molecule has 0 atom stereocenters. The fraction of sp³-hybridized carbons (Fsp3) is 0.353. The Labute approximate surface area is 155 Å². The molecule has 0 aliphatic heterocycles. The third-order valence-electron chi connectivity index (χ3n) is 3.44. The number of ether oxygens (including phenoxy) is 1. The summed E-state index contributed by atoms with van der Waals surface area (Å²) in [6.07, 6.45) is 5.07. The van der Waals surface area contributed by atoms with Crippen LogP contribution in [0.5, 0.6) is 5.75 Å². The van der Waals surface area contributed by atoms with E-state index < -0.39 is 0 Å². The number of benzene rings is 1. The van der Waals surface area contributed by atoms with Gasteiger partial charge in [-0.2, -0.15) is 0 Å². The van der Waals surface area contributed by atoms with Gasteiger partial charge in [-0.05, 0) is 35.7 Å². The van der Waals surface area contributed by atoms with Crippen molar-refractivity contribution in [2.75, 3.05) is 20.7 Å². The summed E-state index contributed by atoms with van der Waals surface area (Å²) in [7, 11) is 5.48. The summed E-state index contributed by atoms with van der Waals surface area (Å²) in [6.45, 7) is 1.60. The Morgan fingerprint density at radius 1 is 1.13 bits per heavy atom. The van der Waals surface area contributed by atoms with Crippen LogP contribution >= 0.6 is 24.0 Å². The number of hydrogen-bond acceptors (Lipinski definition) is 2. The van der Waals surface area contributed by atoms with E-state index in [0.717, 1.165) is 31.2 Å². The van der Waals surface area contributed by atoms with Crippen molar-refractivity contribution in [2.24, 2.45) is 12.0 Å². The topological polar surface area (TPSA) is 50.6 Å². The average Bonchev–Trinajstić information content (AvgIpc) is 2.96. The second kappa shape index (κ2) is 10.1. The highest BCUT2D eigenvalue weighted by Crippen LogP contribution is 2.11. The number of aromatic nitrogens is 1. The van der Waals surface area contributed by atoms with Gasteiger partial charge < -0.3 is 19.9 Å². The van der Waals surface area contributed by atoms with E-state index in [-0.39, 0.29) is 24.0 Å². The van der Waals surface area contributed by atoms with Crippen LogP contribution in [0.3, 0.4) is 0 Å². The van der Waals surface area contributed by atoms with Crippen molar-refractivity contribution in [1.29, 1.82) is 0 Å². The zero-order chi connectivity index (χ0) is 15.8. The summed E-state index contributed by atoms with van der Waals surface area (Å²) >= 11 is 0. The first kappa shape index (κ1) is 19.3. The van der Waals surface area contributed by atoms with Gasteiger partial charge in [-0.25, -0.2) is 0 Å². The molecule has 0 fully saturated rings. The number of halogens is 1. The molecule has 0 bridgehead atoms. The zero-order valence-corrected chi connectivity index (χ0v) is 16.2. The predicted molar refractivity (Wildman–Crippen MR) is 106 cm³/mol. The largest absolute Gasteiger partial charge is 0.497 e. The molecular weight excluding hydrogens is 403 g/mol. The second-order valence-corrected chi connectivity index (χ2v) is 5.14. The van der Waals surface area contributed by atoms with Crippen molar-refractivity contribution < 1.29 is 4.74 Å². The normalized spacial score (nSPS) is 10.8. The van der Waals surface area contributed by atoms with E-state index in [2.05, 4.69) is 40.0 Å². The van der Waals surface area contributed by atoms with Crippen LogP contribution in [-0.2, 0) is 20.0 Å². The molecule has 1 aromatic carbocycles. The fourth-order valence-electron chi connectivity index (χ4n) is 2.19. The Bertz CT molecular complexity index is 607. The first-order valence-corrected chi connectivity index (χ1v) is 7.39. The highest BCUT2D eigenvalue weighted by molar-refractivity contribution is 14.0. The quantitative estimate of drug-likeness (QED) is 0.423. The lowest BCUT2D eigenvalue weighted by Crippen LogP contribution is -2.37. The smallest absolute Gasteiger partial charge is 0.191 e. The van der Waals surface area contributed by atoms with Crippen LogP contribution in [0, 0.1) is 0 Å². The Morgan fingerprint density at radius 2 is 1.87 bits per heavy atom. The van der Waals surface area contributed by atoms with Gasteiger partial charge in [-0.3, -0.25) is 4.99 Å². The summed E-state index contributed by atoms with van der Waals surface area (Å²) in [5, 5.41) is 6.63. The Hall–Kier alpha value is -1.70. The minimum atomic E-state index is 0. The first-order chi connectivity index (χ1) is 10.7. The van der Waals surface area contributed by atoms with Gasteiger partial charge in [0, 0.05) is 39.6 Å². The summed E-state index contributed by atoms with van der Waals surface area (Å²) in [5.41, 5.74) is 2.51. The number of aryl methyl sites for hydroxylation is 1. The van der Waals surface area contributed by atoms with Crippen molar-refractivity contribution in [3.63, 3.8) is 0 Å². The van der Waals surface area contributed by atoms with Gasteiger partial charge in [0.25, 0.3) is 0 Å². The maximum Gasteiger partial charge on any atom is 0.191 e. The number of nitrogens with zero attached hydrogens (tertiary/aromatic N) is 2. The van der Waals surface area contributed by atoms with Gasteiger partial charge in [0.1, 0.15) is 5.75 Å². The molecule has 2 N–H and O–H groups in total. The molecule has 6 heteroatoms. The Morgan fingerprint density at radius 3 is 2.43 bits per heavy atom. The number of nitrogens with one attached hydrogen (secondary N) is 2. The fourth-order valence-corrected chi connectivity index (χ4v) is 2.19. The van der Waals surface area contributed by atoms with Crippen LogP contribution in [0.4, 0.5) is 0 Å². The third-order valence-corrected chi connectivity index (χ3v) is 3.44. The van der Waals surface area contributed by atoms with Gasteiger partial charge in [0.05, 0.1) is 7.11 Å². The van der Waals surface area contributed by atoms with Gasteiger partial charge in [0.15, 0.2) is 5.96 Å². The van der Waals surface area contributed by atoms with E-state index in [9.17, 15) is 0 Å². The van der Waals surface area contributed by atoms with Crippen molar-refractivity contribution in [2.45, 2.75) is 13.0 Å². The zero-order valence-electron chi connectivity index (χ0n) is 13.9. The molecule has 5 nitrogen and oxygen atoms in total. The van der Waals surface area contributed by atoms with E-state index in [0.29, 0.717) is 0 Å². The molecule has 1 aromatic heterocycles. The van der Waals surface area contributed by atoms with Crippen LogP contribution < -0.4 is 15.4 Å². The molecule has 0 aliphatic carbocycles. The summed E-state index contributed by atoms with van der Waals surface area (Å²) in [6, 6.07) is 10.2. The lowest BCUT2D eigenvalue weighted by molar-refractivity contribution is 0.414. The van der Waals surface area contributed by atoms with Crippen molar-refractivity contribution in [1.82, 2.24) is 15.2 Å². The van der Waals surface area contributed by atoms with Crippen LogP contribution in [0.15, 0.2) is 47.7 Å². The summed E-state index contributed by atoms with van der Waals surface area (Å²) < 4.78 is 7.20. The molecule has 2 rings (SSSR count). The molecule has 0 saturated carbocycles. The molecule has 23 heavy (non-hydrogen) atoms. The number of guanidine groups is 1. The minimum Gasteiger partial charge on any atom is -0.497 e. The molecule has 0 saturated heterocycles. The van der Waals surface area contributed by atoms with Gasteiger partial charge in [-0.1, -0.05) is 12.1 Å². The van der Waals surface area contributed by atoms with E-state index in [1.54, 1.807) is 14.2 Å². The average molecular weight is 428 g/mol. The lowest BCUT2D eigenvalue weighted by atomic mass is 10.1. The van der Waals surface area contributed by atoms with Crippen LogP contribution in [0.25, 0.3) is 0 Å². The molecule has 0 amide bonds. The van der Waals surface area contributed by atoms with E-state index >= 15 is 0 Å². The number of aliphatic imine (C=N–C) groups is 1. The van der Waals surface area contributed by atoms with Gasteiger partial charge in [-0.15, -0.1) is 24.0 Å². The maximum absolute atomic E-state index is 5.16. The van der Waals surface area contributed by atoms with Crippen molar-refractivity contribution in [3.05, 3.63) is 53.9 Å². The SMILES string of the molecule is CN=C(NCCc1ccc(OC)cc1)NCc1ccn(C)c1.I. The molecule has 2 aromatic rings. The second-order valence-electron chi connectivity index (χ2n) is 5.14. The van der Waals surface area contributed by atoms with Crippen molar-refractivity contribution in [3.8, 4) is 5.75 Å². The third kappa shape index (κ3) is 6.52. The molecule has 0 unspecified atom stereocenters. The van der Waals surface area contributed by atoms with E-state index in [1.807, 2.05) is 29.9 Å². The first-order valence-electron chi connectivity index (χ1n) is 7.39. The van der Waals surface area contributed by atoms with E-state index in [4.69, 9.17) is 4.74 Å². The standard InChI is InChI=1S/C17H24N4O.HI/c1-18-17(20-12-15-9-11-21(2)13-15)19-10-8-14-4-6-16(22-3)7-5-14;/h4-7,9,11,13H,8,10,12H2,1-3H3,(H2,18,19,20);1H. The highest BCUT2D eigenvalue weighted by Gasteiger charge is 2.00. The van der Waals surface area contributed by atoms with Crippen LogP contribution in [0.2, 0.25) is 0 Å². The lowest BCUT2D eigenvalue weighted by Gasteiger charge is -2.11. The molecule has 0 aliphatic rings. The molecule has 0 spiro atoms.